The van der Waals surface area contributed by atoms with Crippen molar-refractivity contribution in [3.05, 3.63) is 16.5 Å². The van der Waals surface area contributed by atoms with Crippen molar-refractivity contribution in [3.8, 4) is 6.07 Å². The van der Waals surface area contributed by atoms with E-state index in [9.17, 15) is 9.59 Å². The van der Waals surface area contributed by atoms with Crippen molar-refractivity contribution in [3.63, 3.8) is 0 Å². The Bertz CT molecular complexity index is 547. The zero-order valence-electron chi connectivity index (χ0n) is 11.5. The van der Waals surface area contributed by atoms with E-state index in [-0.39, 0.29) is 13.1 Å². The summed E-state index contributed by atoms with van der Waals surface area (Å²) < 4.78 is 4.71. The average Bonchev–Trinajstić information content (AvgIpc) is 2.79. The molecule has 0 fully saturated rings. The van der Waals surface area contributed by atoms with Crippen LogP contribution >= 0.6 is 11.3 Å². The maximum Gasteiger partial charge on any atom is 0.340 e. The monoisotopic (exact) mass is 296 g/mol. The Labute approximate surface area is 121 Å². The first-order chi connectivity index (χ1) is 9.40. The fraction of sp³-hybridized carbons (Fsp3) is 0.462. The number of ether oxygens (including phenoxy) is 1. The average molecular weight is 296 g/mol. The molecule has 20 heavy (non-hydrogen) atoms. The summed E-state index contributed by atoms with van der Waals surface area (Å²) in [5.74, 6) is -2.08. The normalized spacial score (nSPS) is 11.5. The Hall–Kier alpha value is -2.07. The molecule has 0 bridgehead atoms. The molecule has 1 aromatic heterocycles. The van der Waals surface area contributed by atoms with Crippen LogP contribution in [0.1, 0.15) is 22.2 Å². The molecule has 108 valence electrons. The number of aliphatic carboxylic acids is 1. The van der Waals surface area contributed by atoms with E-state index in [0.717, 1.165) is 4.88 Å². The van der Waals surface area contributed by atoms with Crippen molar-refractivity contribution in [2.75, 3.05) is 25.1 Å². The number of methoxy groups -OCH3 is 1. The van der Waals surface area contributed by atoms with E-state index < -0.39 is 17.9 Å². The lowest BCUT2D eigenvalue weighted by Crippen LogP contribution is -2.32. The van der Waals surface area contributed by atoms with E-state index >= 15 is 0 Å². The van der Waals surface area contributed by atoms with Gasteiger partial charge in [-0.25, -0.2) is 4.79 Å². The van der Waals surface area contributed by atoms with Crippen LogP contribution in [0.4, 0.5) is 5.00 Å². The fourth-order valence-electron chi connectivity index (χ4n) is 1.71. The second-order valence-electron chi connectivity index (χ2n) is 4.35. The number of carboxylic acids is 1. The highest BCUT2D eigenvalue weighted by atomic mass is 32.1. The number of carboxylic acid groups (broad SMARTS) is 1. The summed E-state index contributed by atoms with van der Waals surface area (Å²) >= 11 is 1.34. The molecule has 0 radical (unpaired) electrons. The van der Waals surface area contributed by atoms with Gasteiger partial charge in [0.25, 0.3) is 0 Å². The minimum absolute atomic E-state index is 0.0154. The van der Waals surface area contributed by atoms with Crippen molar-refractivity contribution >= 4 is 28.3 Å². The first kappa shape index (κ1) is 16.0. The predicted octanol–water partition coefficient (Wildman–Crippen LogP) is 1.89. The molecule has 7 heteroatoms. The van der Waals surface area contributed by atoms with Crippen LogP contribution in [0.2, 0.25) is 0 Å². The van der Waals surface area contributed by atoms with Gasteiger partial charge in [0.15, 0.2) is 0 Å². The van der Waals surface area contributed by atoms with Crippen LogP contribution in [0.5, 0.6) is 0 Å². The van der Waals surface area contributed by atoms with Crippen LogP contribution in [0.3, 0.4) is 0 Å². The zero-order chi connectivity index (χ0) is 15.3. The molecule has 1 unspecified atom stereocenters. The second kappa shape index (κ2) is 6.91. The molecule has 1 N–H and O–H groups in total. The Balaban J connectivity index is 3.12. The van der Waals surface area contributed by atoms with Gasteiger partial charge in [0.05, 0.1) is 24.7 Å². The van der Waals surface area contributed by atoms with E-state index in [1.165, 1.54) is 18.4 Å². The van der Waals surface area contributed by atoms with Crippen molar-refractivity contribution in [1.82, 2.24) is 0 Å². The van der Waals surface area contributed by atoms with Crippen LogP contribution < -0.4 is 4.90 Å². The van der Waals surface area contributed by atoms with Crippen LogP contribution in [0, 0.1) is 24.2 Å². The lowest BCUT2D eigenvalue weighted by Gasteiger charge is -2.23. The molecule has 1 heterocycles. The van der Waals surface area contributed by atoms with Gasteiger partial charge in [-0.1, -0.05) is 6.92 Å². The highest BCUT2D eigenvalue weighted by Crippen LogP contribution is 2.32. The van der Waals surface area contributed by atoms with E-state index in [0.29, 0.717) is 10.6 Å². The quantitative estimate of drug-likeness (QED) is 0.637. The van der Waals surface area contributed by atoms with Gasteiger partial charge in [0.1, 0.15) is 11.5 Å². The van der Waals surface area contributed by atoms with Gasteiger partial charge >= 0.3 is 11.9 Å². The molecule has 0 saturated heterocycles. The Morgan fingerprint density at radius 3 is 2.75 bits per heavy atom. The van der Waals surface area contributed by atoms with Gasteiger partial charge in [-0.05, 0) is 13.0 Å². The molecule has 1 rings (SSSR count). The highest BCUT2D eigenvalue weighted by molar-refractivity contribution is 7.16. The number of hydrogen-bond donors (Lipinski definition) is 1. The number of esters is 1. The number of thiophene rings is 1. The summed E-state index contributed by atoms with van der Waals surface area (Å²) in [6.45, 7) is 3.57. The lowest BCUT2D eigenvalue weighted by molar-refractivity contribution is -0.140. The summed E-state index contributed by atoms with van der Waals surface area (Å²) in [4.78, 5) is 25.2. The predicted molar refractivity (Wildman–Crippen MR) is 75.0 cm³/mol. The largest absolute Gasteiger partial charge is 0.481 e. The van der Waals surface area contributed by atoms with Crippen LogP contribution in [0.15, 0.2) is 6.07 Å². The molecule has 6 nitrogen and oxygen atoms in total. The van der Waals surface area contributed by atoms with E-state index in [2.05, 4.69) is 0 Å². The van der Waals surface area contributed by atoms with Crippen LogP contribution in [0.25, 0.3) is 0 Å². The first-order valence-corrected chi connectivity index (χ1v) is 6.75. The Morgan fingerprint density at radius 1 is 1.60 bits per heavy atom. The number of hydrogen-bond acceptors (Lipinski definition) is 6. The maximum atomic E-state index is 11.7. The van der Waals surface area contributed by atoms with Crippen LogP contribution in [-0.4, -0.2) is 37.2 Å². The Morgan fingerprint density at radius 2 is 2.25 bits per heavy atom. The van der Waals surface area contributed by atoms with Gasteiger partial charge < -0.3 is 14.7 Å². The number of carbonyl (C=O) groups excluding carboxylic acids is 1. The second-order valence-corrected chi connectivity index (χ2v) is 5.58. The van der Waals surface area contributed by atoms with Crippen molar-refractivity contribution in [2.45, 2.75) is 13.8 Å². The summed E-state index contributed by atoms with van der Waals surface area (Å²) in [6, 6.07) is 3.67. The van der Waals surface area contributed by atoms with E-state index in [1.807, 2.05) is 13.0 Å². The molecule has 0 saturated carbocycles. The number of carbonyl (C=O) groups is 2. The van der Waals surface area contributed by atoms with Gasteiger partial charge in [0, 0.05) is 11.4 Å². The maximum absolute atomic E-state index is 11.7. The summed E-state index contributed by atoms with van der Waals surface area (Å²) in [5.41, 5.74) is 0.364. The number of rotatable bonds is 6. The van der Waals surface area contributed by atoms with Crippen molar-refractivity contribution in [1.29, 1.82) is 5.26 Å². The van der Waals surface area contributed by atoms with Gasteiger partial charge in [0.2, 0.25) is 0 Å². The number of anilines is 1. The van der Waals surface area contributed by atoms with Gasteiger partial charge in [-0.15, -0.1) is 11.3 Å². The third-order valence-electron chi connectivity index (χ3n) is 2.71. The summed E-state index contributed by atoms with van der Waals surface area (Å²) in [5, 5.41) is 18.4. The highest BCUT2D eigenvalue weighted by Gasteiger charge is 2.23. The Kier molecular flexibility index (Phi) is 5.53. The van der Waals surface area contributed by atoms with E-state index in [1.54, 1.807) is 17.9 Å². The first-order valence-electron chi connectivity index (χ1n) is 5.94. The fourth-order valence-corrected chi connectivity index (χ4v) is 2.71. The molecular weight excluding hydrogens is 280 g/mol. The van der Waals surface area contributed by atoms with E-state index in [4.69, 9.17) is 15.1 Å². The molecule has 1 atom stereocenters. The summed E-state index contributed by atoms with van der Waals surface area (Å²) in [6.07, 6.45) is 0. The third-order valence-corrected chi connectivity index (χ3v) is 3.82. The van der Waals surface area contributed by atoms with Gasteiger partial charge in [-0.2, -0.15) is 5.26 Å². The topological polar surface area (TPSA) is 90.6 Å². The molecule has 0 spiro atoms. The number of nitrogens with zero attached hydrogens (tertiary/aromatic N) is 2. The molecule has 0 amide bonds. The minimum Gasteiger partial charge on any atom is -0.481 e. The standard InChI is InChI=1S/C13H16N2O4S/c1-8(12(16)17)7-15(5-4-14)11-10(13(18)19-3)6-9(2)20-11/h6,8H,5,7H2,1-3H3,(H,16,17). The molecule has 0 aromatic carbocycles. The molecule has 0 aliphatic rings. The van der Waals surface area contributed by atoms with Crippen molar-refractivity contribution in [2.24, 2.45) is 5.92 Å². The summed E-state index contributed by atoms with van der Waals surface area (Å²) in [7, 11) is 1.29. The molecule has 1 aromatic rings. The van der Waals surface area contributed by atoms with Crippen molar-refractivity contribution < 1.29 is 19.4 Å². The SMILES string of the molecule is COC(=O)c1cc(C)sc1N(CC#N)CC(C)C(=O)O. The zero-order valence-corrected chi connectivity index (χ0v) is 12.4. The molecule has 0 aliphatic carbocycles. The van der Waals surface area contributed by atoms with Crippen LogP contribution in [-0.2, 0) is 9.53 Å². The molecular formula is C13H16N2O4S. The molecule has 0 aliphatic heterocycles. The number of aryl methyl sites for hydroxylation is 1. The number of nitriles is 1. The van der Waals surface area contributed by atoms with Gasteiger partial charge in [-0.3, -0.25) is 4.79 Å². The lowest BCUT2D eigenvalue weighted by atomic mass is 10.1. The minimum atomic E-state index is -0.944. The third kappa shape index (κ3) is 3.71. The smallest absolute Gasteiger partial charge is 0.340 e.